The number of ether oxygens (including phenoxy) is 1. The highest BCUT2D eigenvalue weighted by molar-refractivity contribution is 5.39. The molecule has 51 heavy (non-hydrogen) atoms. The normalized spacial score (nSPS) is 13.1. The zero-order valence-electron chi connectivity index (χ0n) is 29.0. The van der Waals surface area contributed by atoms with Crippen molar-refractivity contribution in [2.45, 2.75) is 78.6 Å². The van der Waals surface area contributed by atoms with Crippen LogP contribution in [-0.4, -0.2) is 34.1 Å². The van der Waals surface area contributed by atoms with Crippen molar-refractivity contribution in [1.29, 1.82) is 0 Å². The van der Waals surface area contributed by atoms with Crippen LogP contribution in [0.25, 0.3) is 0 Å². The molecule has 0 bridgehead atoms. The van der Waals surface area contributed by atoms with E-state index in [1.54, 1.807) is 65.1 Å². The Labute approximate surface area is 290 Å². The fourth-order valence-corrected chi connectivity index (χ4v) is 5.55. The number of halogens is 2. The molecule has 3 heterocycles. The Morgan fingerprint density at radius 3 is 1.84 bits per heavy atom. The van der Waals surface area contributed by atoms with Crippen molar-refractivity contribution in [1.82, 2.24) is 34.1 Å². The molecule has 4 N–H and O–H groups in total. The largest absolute Gasteiger partial charge is 0.456 e. The van der Waals surface area contributed by atoms with Crippen LogP contribution in [0.2, 0.25) is 0 Å². The maximum Gasteiger partial charge on any atom is 0.355 e. The van der Waals surface area contributed by atoms with Gasteiger partial charge in [-0.25, -0.2) is 37.1 Å². The van der Waals surface area contributed by atoms with Gasteiger partial charge in [-0.15, -0.1) is 0 Å². The summed E-state index contributed by atoms with van der Waals surface area (Å²) in [5.41, 5.74) is -0.850. The maximum atomic E-state index is 14.9. The van der Waals surface area contributed by atoms with Crippen LogP contribution in [-0.2, 0) is 6.42 Å². The highest BCUT2D eigenvalue weighted by Crippen LogP contribution is 2.28. The van der Waals surface area contributed by atoms with Gasteiger partial charge in [0.2, 0.25) is 11.9 Å². The number of hydrogen-bond acceptors (Lipinski definition) is 10. The van der Waals surface area contributed by atoms with Crippen molar-refractivity contribution in [3.8, 4) is 11.5 Å². The molecule has 3 atom stereocenters. The van der Waals surface area contributed by atoms with Crippen LogP contribution in [0.15, 0.2) is 73.9 Å². The van der Waals surface area contributed by atoms with Crippen LogP contribution in [0.5, 0.6) is 11.5 Å². The molecule has 5 aromatic rings. The number of hydrogen-bond donors (Lipinski definition) is 4. The second-order valence-electron chi connectivity index (χ2n) is 12.6. The van der Waals surface area contributed by atoms with Crippen LogP contribution >= 0.6 is 0 Å². The van der Waals surface area contributed by atoms with Gasteiger partial charge in [0.25, 0.3) is 0 Å². The summed E-state index contributed by atoms with van der Waals surface area (Å²) in [5, 5.41) is 5.76. The number of aromatic amines is 2. The van der Waals surface area contributed by atoms with Crippen molar-refractivity contribution in [2.24, 2.45) is 0 Å². The molecule has 0 fully saturated rings. The van der Waals surface area contributed by atoms with Gasteiger partial charge in [-0.3, -0.25) is 15.0 Å². The molecule has 0 aliphatic carbocycles. The van der Waals surface area contributed by atoms with E-state index in [1.807, 2.05) is 6.92 Å². The molecule has 2 aromatic carbocycles. The van der Waals surface area contributed by atoms with Crippen molar-refractivity contribution >= 4 is 11.9 Å². The minimum Gasteiger partial charge on any atom is -0.456 e. The summed E-state index contributed by atoms with van der Waals surface area (Å²) in [5.74, 6) is -0.400. The van der Waals surface area contributed by atoms with Gasteiger partial charge < -0.3 is 15.4 Å². The minimum atomic E-state index is -0.802. The van der Waals surface area contributed by atoms with Gasteiger partial charge in [0, 0.05) is 28.9 Å². The summed E-state index contributed by atoms with van der Waals surface area (Å²) >= 11 is 0. The average molecular weight is 704 g/mol. The lowest BCUT2D eigenvalue weighted by atomic mass is 10.00. The van der Waals surface area contributed by atoms with Crippen LogP contribution in [0.1, 0.15) is 87.6 Å². The third-order valence-electron chi connectivity index (χ3n) is 8.31. The van der Waals surface area contributed by atoms with Crippen LogP contribution in [0.4, 0.5) is 20.7 Å². The van der Waals surface area contributed by atoms with Crippen molar-refractivity contribution in [3.05, 3.63) is 131 Å². The molecular formula is C35H39F2N9O5. The lowest BCUT2D eigenvalue weighted by molar-refractivity contribution is 0.460. The smallest absolute Gasteiger partial charge is 0.355 e. The molecule has 0 aliphatic heterocycles. The quantitative estimate of drug-likeness (QED) is 0.129. The zero-order chi connectivity index (χ0) is 37.0. The van der Waals surface area contributed by atoms with Crippen molar-refractivity contribution < 1.29 is 13.5 Å². The topological polar surface area (TPSA) is 182 Å². The van der Waals surface area contributed by atoms with Gasteiger partial charge in [-0.1, -0.05) is 12.1 Å². The lowest BCUT2D eigenvalue weighted by Crippen LogP contribution is -2.40. The van der Waals surface area contributed by atoms with E-state index in [2.05, 4.69) is 35.6 Å². The second kappa shape index (κ2) is 15.3. The molecule has 1 unspecified atom stereocenters. The lowest BCUT2D eigenvalue weighted by Gasteiger charge is -2.19. The molecule has 0 saturated carbocycles. The summed E-state index contributed by atoms with van der Waals surface area (Å²) in [6.45, 7) is 10.2. The van der Waals surface area contributed by atoms with Crippen LogP contribution in [0.3, 0.4) is 0 Å². The molecule has 14 nitrogen and oxygen atoms in total. The van der Waals surface area contributed by atoms with Crippen molar-refractivity contribution in [2.75, 3.05) is 10.6 Å². The van der Waals surface area contributed by atoms with E-state index in [9.17, 15) is 28.0 Å². The summed E-state index contributed by atoms with van der Waals surface area (Å²) in [6.07, 6.45) is 2.26. The van der Waals surface area contributed by atoms with E-state index >= 15 is 0 Å². The van der Waals surface area contributed by atoms with Gasteiger partial charge in [0.15, 0.2) is 0 Å². The Morgan fingerprint density at radius 1 is 0.745 bits per heavy atom. The number of aromatic nitrogens is 7. The summed E-state index contributed by atoms with van der Waals surface area (Å²) in [7, 11) is 0. The molecule has 3 aromatic heterocycles. The maximum absolute atomic E-state index is 14.9. The number of anilines is 2. The number of pyridine rings is 1. The first-order valence-electron chi connectivity index (χ1n) is 16.4. The number of nitrogens with zero attached hydrogens (tertiary/aromatic N) is 5. The van der Waals surface area contributed by atoms with Gasteiger partial charge in [-0.2, -0.15) is 9.97 Å². The SMILES string of the molecule is Cc1ccc(Oc2ccc(F)c([C@H](C)Nc3nc(=O)n(C(C)CCc4ccc(F)c([C@H](C)Nc5nc(=O)n(C(C)C)c(=O)[nH]5)c4)c(=O)[nH]3)c2)cn1. The number of aryl methyl sites for hydroxylation is 2. The Bertz CT molecular complexity index is 2200. The predicted octanol–water partition coefficient (Wildman–Crippen LogP) is 5.07. The molecule has 5 rings (SSSR count). The van der Waals surface area contributed by atoms with E-state index in [0.717, 1.165) is 20.4 Å². The monoisotopic (exact) mass is 703 g/mol. The number of rotatable bonds is 13. The molecule has 16 heteroatoms. The Hall–Kier alpha value is -5.93. The number of H-pyrrole nitrogens is 2. The Kier molecular flexibility index (Phi) is 10.9. The average Bonchev–Trinajstić information content (AvgIpc) is 3.05. The molecule has 268 valence electrons. The first-order valence-corrected chi connectivity index (χ1v) is 16.4. The van der Waals surface area contributed by atoms with E-state index in [4.69, 9.17) is 4.74 Å². The molecule has 0 radical (unpaired) electrons. The van der Waals surface area contributed by atoms with Gasteiger partial charge >= 0.3 is 22.8 Å². The van der Waals surface area contributed by atoms with Gasteiger partial charge in [-0.05, 0) is 96.3 Å². The number of benzene rings is 2. The van der Waals surface area contributed by atoms with Crippen LogP contribution in [0, 0.1) is 18.6 Å². The summed E-state index contributed by atoms with van der Waals surface area (Å²) in [6, 6.07) is 9.95. The van der Waals surface area contributed by atoms with E-state index in [-0.39, 0.29) is 29.1 Å². The molecule has 0 amide bonds. The summed E-state index contributed by atoms with van der Waals surface area (Å²) in [4.78, 5) is 67.8. The fourth-order valence-electron chi connectivity index (χ4n) is 5.55. The Balaban J connectivity index is 1.25. The molecular weight excluding hydrogens is 664 g/mol. The molecule has 0 aliphatic rings. The van der Waals surface area contributed by atoms with Crippen molar-refractivity contribution in [3.63, 3.8) is 0 Å². The first-order chi connectivity index (χ1) is 24.2. The third-order valence-corrected chi connectivity index (χ3v) is 8.31. The minimum absolute atomic E-state index is 0.0881. The second-order valence-corrected chi connectivity index (χ2v) is 12.6. The summed E-state index contributed by atoms with van der Waals surface area (Å²) < 4.78 is 37.4. The fraction of sp³-hybridized carbons (Fsp3) is 0.343. The number of nitrogens with one attached hydrogen (secondary N) is 4. The molecule has 0 spiro atoms. The van der Waals surface area contributed by atoms with Gasteiger partial charge in [0.05, 0.1) is 18.3 Å². The van der Waals surface area contributed by atoms with E-state index in [0.29, 0.717) is 24.3 Å². The highest BCUT2D eigenvalue weighted by Gasteiger charge is 2.19. The highest BCUT2D eigenvalue weighted by atomic mass is 19.1. The third kappa shape index (κ3) is 8.63. The molecule has 0 saturated heterocycles. The Morgan fingerprint density at radius 2 is 1.29 bits per heavy atom. The van der Waals surface area contributed by atoms with E-state index in [1.165, 1.54) is 24.3 Å². The predicted molar refractivity (Wildman–Crippen MR) is 188 cm³/mol. The van der Waals surface area contributed by atoms with E-state index < -0.39 is 52.5 Å². The first kappa shape index (κ1) is 36.4. The van der Waals surface area contributed by atoms with Gasteiger partial charge in [0.1, 0.15) is 23.1 Å². The van der Waals surface area contributed by atoms with Crippen LogP contribution < -0.4 is 38.1 Å². The standard InChI is InChI=1S/C35H39F2N9O5/c1-18(2)45-32(47)41-30(42-33(45)48)39-21(5)26-15-23(10-13-28(26)36)9-8-20(4)46-34(49)43-31(44-35(46)50)40-22(6)27-16-24(12-14-29(27)37)51-25-11-7-19(3)38-17-25/h7,10-18,20-22H,8-9H2,1-6H3,(H2,39,41,42,47,48)(H2,40,43,44,49,50)/t20?,21-,22-/m0/s1. The zero-order valence-corrected chi connectivity index (χ0v) is 29.0.